The van der Waals surface area contributed by atoms with Crippen molar-refractivity contribution in [2.45, 2.75) is 13.0 Å². The fourth-order valence-corrected chi connectivity index (χ4v) is 1.86. The van der Waals surface area contributed by atoms with Crippen LogP contribution in [0.3, 0.4) is 0 Å². The first-order chi connectivity index (χ1) is 6.37. The zero-order chi connectivity index (χ0) is 11.0. The summed E-state index contributed by atoms with van der Waals surface area (Å²) in [5.41, 5.74) is 4.97. The Morgan fingerprint density at radius 3 is 2.14 bits per heavy atom. The van der Waals surface area contributed by atoms with Crippen molar-refractivity contribution in [2.75, 3.05) is 0 Å². The van der Waals surface area contributed by atoms with Crippen LogP contribution in [0.5, 0.6) is 0 Å². The standard InChI is InChI=1S/C8H6BrClF3N/c1-2(14)3-5(10)7(12)4(9)8(13)6(3)11/h2H,14H2,1H3. The second-order valence-corrected chi connectivity index (χ2v) is 3.94. The first kappa shape index (κ1) is 11.8. The molecule has 1 aromatic rings. The molecule has 14 heavy (non-hydrogen) atoms. The summed E-state index contributed by atoms with van der Waals surface area (Å²) in [6, 6.07) is -0.875. The van der Waals surface area contributed by atoms with Gasteiger partial charge in [-0.05, 0) is 22.9 Å². The summed E-state index contributed by atoms with van der Waals surface area (Å²) >= 11 is 8.03. The van der Waals surface area contributed by atoms with E-state index in [-0.39, 0.29) is 5.56 Å². The minimum absolute atomic E-state index is 0.357. The molecule has 1 aromatic carbocycles. The predicted molar refractivity (Wildman–Crippen MR) is 51.6 cm³/mol. The van der Waals surface area contributed by atoms with E-state index in [1.807, 2.05) is 0 Å². The van der Waals surface area contributed by atoms with E-state index in [0.717, 1.165) is 0 Å². The van der Waals surface area contributed by atoms with Gasteiger partial charge in [0.15, 0.2) is 17.5 Å². The number of rotatable bonds is 1. The van der Waals surface area contributed by atoms with E-state index in [4.69, 9.17) is 17.3 Å². The number of benzene rings is 1. The Labute approximate surface area is 92.2 Å². The van der Waals surface area contributed by atoms with Crippen LogP contribution in [-0.2, 0) is 0 Å². The van der Waals surface area contributed by atoms with Gasteiger partial charge in [-0.25, -0.2) is 13.2 Å². The first-order valence-corrected chi connectivity index (χ1v) is 4.82. The summed E-state index contributed by atoms with van der Waals surface area (Å²) in [7, 11) is 0. The normalized spacial score (nSPS) is 13.1. The Hall–Kier alpha value is -0.260. The molecule has 0 saturated heterocycles. The van der Waals surface area contributed by atoms with E-state index < -0.39 is 33.0 Å². The lowest BCUT2D eigenvalue weighted by atomic mass is 10.1. The van der Waals surface area contributed by atoms with Crippen LogP contribution in [0.15, 0.2) is 4.47 Å². The molecular weight excluding hydrogens is 282 g/mol. The monoisotopic (exact) mass is 287 g/mol. The van der Waals surface area contributed by atoms with Gasteiger partial charge in [0, 0.05) is 11.6 Å². The number of halogens is 5. The van der Waals surface area contributed by atoms with Crippen LogP contribution < -0.4 is 5.73 Å². The van der Waals surface area contributed by atoms with Gasteiger partial charge < -0.3 is 5.73 Å². The van der Waals surface area contributed by atoms with Crippen LogP contribution in [-0.4, -0.2) is 0 Å². The van der Waals surface area contributed by atoms with E-state index in [2.05, 4.69) is 15.9 Å². The summed E-state index contributed by atoms with van der Waals surface area (Å²) in [6.07, 6.45) is 0. The summed E-state index contributed by atoms with van der Waals surface area (Å²) in [5, 5.41) is -0.495. The van der Waals surface area contributed by atoms with Gasteiger partial charge in [0.2, 0.25) is 0 Å². The van der Waals surface area contributed by atoms with Gasteiger partial charge in [-0.2, -0.15) is 0 Å². The van der Waals surface area contributed by atoms with Crippen molar-refractivity contribution in [2.24, 2.45) is 5.73 Å². The van der Waals surface area contributed by atoms with E-state index in [1.54, 1.807) is 0 Å². The minimum Gasteiger partial charge on any atom is -0.324 e. The largest absolute Gasteiger partial charge is 0.324 e. The predicted octanol–water partition coefficient (Wildman–Crippen LogP) is 3.54. The molecule has 1 nitrogen and oxygen atoms in total. The van der Waals surface area contributed by atoms with Gasteiger partial charge in [-0.15, -0.1) is 0 Å². The van der Waals surface area contributed by atoms with Crippen molar-refractivity contribution in [1.82, 2.24) is 0 Å². The van der Waals surface area contributed by atoms with Crippen LogP contribution in [0.1, 0.15) is 18.5 Å². The highest BCUT2D eigenvalue weighted by atomic mass is 79.9. The molecule has 1 rings (SSSR count). The fraction of sp³-hybridized carbons (Fsp3) is 0.250. The second-order valence-electron chi connectivity index (χ2n) is 2.77. The first-order valence-electron chi connectivity index (χ1n) is 3.64. The van der Waals surface area contributed by atoms with Crippen molar-refractivity contribution >= 4 is 27.5 Å². The van der Waals surface area contributed by atoms with E-state index >= 15 is 0 Å². The molecule has 2 N–H and O–H groups in total. The van der Waals surface area contributed by atoms with E-state index in [1.165, 1.54) is 6.92 Å². The van der Waals surface area contributed by atoms with Crippen LogP contribution in [0.4, 0.5) is 13.2 Å². The maximum atomic E-state index is 13.2. The Kier molecular flexibility index (Phi) is 3.44. The maximum Gasteiger partial charge on any atom is 0.176 e. The summed E-state index contributed by atoms with van der Waals surface area (Å²) in [5.74, 6) is -3.59. The summed E-state index contributed by atoms with van der Waals surface area (Å²) < 4.78 is 38.8. The molecule has 0 aliphatic carbocycles. The lowest BCUT2D eigenvalue weighted by molar-refractivity contribution is 0.472. The number of nitrogens with two attached hydrogens (primary N) is 1. The zero-order valence-electron chi connectivity index (χ0n) is 7.04. The Balaban J connectivity index is 3.60. The van der Waals surface area contributed by atoms with Crippen LogP contribution >= 0.6 is 27.5 Å². The molecule has 0 aromatic heterocycles. The highest BCUT2D eigenvalue weighted by molar-refractivity contribution is 9.10. The quantitative estimate of drug-likeness (QED) is 0.621. The average molecular weight is 288 g/mol. The minimum atomic E-state index is -1.32. The summed E-state index contributed by atoms with van der Waals surface area (Å²) in [4.78, 5) is 0. The van der Waals surface area contributed by atoms with Crippen LogP contribution in [0, 0.1) is 17.5 Å². The topological polar surface area (TPSA) is 26.0 Å². The highest BCUT2D eigenvalue weighted by Crippen LogP contribution is 2.34. The smallest absolute Gasteiger partial charge is 0.176 e. The molecule has 0 aliphatic heterocycles. The van der Waals surface area contributed by atoms with Gasteiger partial charge >= 0.3 is 0 Å². The lowest BCUT2D eigenvalue weighted by Gasteiger charge is -2.12. The van der Waals surface area contributed by atoms with Gasteiger partial charge in [0.25, 0.3) is 0 Å². The Morgan fingerprint density at radius 1 is 1.21 bits per heavy atom. The van der Waals surface area contributed by atoms with Crippen LogP contribution in [0.25, 0.3) is 0 Å². The third-order valence-electron chi connectivity index (χ3n) is 1.70. The van der Waals surface area contributed by atoms with Crippen molar-refractivity contribution < 1.29 is 13.2 Å². The SMILES string of the molecule is CC(N)c1c(F)c(F)c(Br)c(F)c1Cl. The van der Waals surface area contributed by atoms with Crippen LogP contribution in [0.2, 0.25) is 5.02 Å². The maximum absolute atomic E-state index is 13.2. The van der Waals surface area contributed by atoms with Gasteiger partial charge in [-0.3, -0.25) is 0 Å². The van der Waals surface area contributed by atoms with E-state index in [9.17, 15) is 13.2 Å². The molecular formula is C8H6BrClF3N. The second kappa shape index (κ2) is 4.08. The average Bonchev–Trinajstić information content (AvgIpc) is 2.11. The van der Waals surface area contributed by atoms with Gasteiger partial charge in [0.05, 0.1) is 9.50 Å². The molecule has 1 unspecified atom stereocenters. The molecule has 0 bridgehead atoms. The third-order valence-corrected chi connectivity index (χ3v) is 2.76. The van der Waals surface area contributed by atoms with Crippen molar-refractivity contribution in [3.8, 4) is 0 Å². The lowest BCUT2D eigenvalue weighted by Crippen LogP contribution is -2.11. The number of hydrogen-bond donors (Lipinski definition) is 1. The molecule has 78 valence electrons. The molecule has 0 amide bonds. The zero-order valence-corrected chi connectivity index (χ0v) is 9.39. The molecule has 0 heterocycles. The third kappa shape index (κ3) is 1.76. The molecule has 0 saturated carbocycles. The molecule has 0 aliphatic rings. The number of hydrogen-bond acceptors (Lipinski definition) is 1. The molecule has 0 spiro atoms. The van der Waals surface area contributed by atoms with Crippen molar-refractivity contribution in [3.05, 3.63) is 32.5 Å². The summed E-state index contributed by atoms with van der Waals surface area (Å²) in [6.45, 7) is 1.39. The fourth-order valence-electron chi connectivity index (χ4n) is 1.02. The van der Waals surface area contributed by atoms with Gasteiger partial charge in [0.1, 0.15) is 0 Å². The van der Waals surface area contributed by atoms with E-state index in [0.29, 0.717) is 0 Å². The highest BCUT2D eigenvalue weighted by Gasteiger charge is 2.24. The molecule has 0 fully saturated rings. The Morgan fingerprint density at radius 2 is 1.71 bits per heavy atom. The van der Waals surface area contributed by atoms with Crippen molar-refractivity contribution in [1.29, 1.82) is 0 Å². The molecule has 6 heteroatoms. The van der Waals surface area contributed by atoms with Gasteiger partial charge in [-0.1, -0.05) is 11.6 Å². The van der Waals surface area contributed by atoms with Crippen molar-refractivity contribution in [3.63, 3.8) is 0 Å². The molecule has 0 radical (unpaired) electrons. The molecule has 1 atom stereocenters. The Bertz CT molecular complexity index is 352.